The molecule has 0 spiro atoms. The highest BCUT2D eigenvalue weighted by Crippen LogP contribution is 2.32. The van der Waals surface area contributed by atoms with E-state index in [0.717, 1.165) is 25.5 Å². The van der Waals surface area contributed by atoms with Gasteiger partial charge in [-0.25, -0.2) is 15.0 Å². The van der Waals surface area contributed by atoms with E-state index in [1.165, 1.54) is 11.5 Å². The van der Waals surface area contributed by atoms with Crippen molar-refractivity contribution in [2.24, 2.45) is 0 Å². The van der Waals surface area contributed by atoms with Gasteiger partial charge in [0, 0.05) is 30.2 Å². The lowest BCUT2D eigenvalue weighted by Crippen LogP contribution is -2.38. The highest BCUT2D eigenvalue weighted by Gasteiger charge is 2.33. The van der Waals surface area contributed by atoms with E-state index in [4.69, 9.17) is 1.41 Å². The van der Waals surface area contributed by atoms with Gasteiger partial charge in [0.1, 0.15) is 12.6 Å². The number of nitrogens with zero attached hydrogens (tertiary/aromatic N) is 3. The fourth-order valence-electron chi connectivity index (χ4n) is 2.72. The predicted octanol–water partition coefficient (Wildman–Crippen LogP) is 3.03. The van der Waals surface area contributed by atoms with Gasteiger partial charge < -0.3 is 15.9 Å². The number of hydrogen-bond donors (Lipinski definition) is 3. The van der Waals surface area contributed by atoms with E-state index in [-0.39, 0.29) is 23.3 Å². The summed E-state index contributed by atoms with van der Waals surface area (Å²) in [7, 11) is 0. The van der Waals surface area contributed by atoms with Crippen molar-refractivity contribution in [1.29, 1.82) is 0 Å². The fourth-order valence-corrected chi connectivity index (χ4v) is 2.72. The van der Waals surface area contributed by atoms with Gasteiger partial charge in [0.05, 0.1) is 0 Å². The minimum atomic E-state index is -4.54. The van der Waals surface area contributed by atoms with Crippen molar-refractivity contribution < 1.29 is 14.6 Å². The summed E-state index contributed by atoms with van der Waals surface area (Å²) in [5, 5.41) is 7.85. The minimum absolute atomic E-state index is 0.0302. The molecule has 0 radical (unpaired) electrons. The van der Waals surface area contributed by atoms with Crippen molar-refractivity contribution in [2.75, 3.05) is 23.7 Å². The molecule has 1 saturated heterocycles. The number of halogens is 3. The van der Waals surface area contributed by atoms with Crippen LogP contribution in [0.15, 0.2) is 12.3 Å². The first kappa shape index (κ1) is 16.3. The van der Waals surface area contributed by atoms with Crippen molar-refractivity contribution in [1.82, 2.24) is 20.3 Å². The number of fused-ring (bicyclic) bond motifs is 1. The second-order valence-corrected chi connectivity index (χ2v) is 6.40. The van der Waals surface area contributed by atoms with Crippen LogP contribution in [0.25, 0.3) is 10.9 Å². The first-order chi connectivity index (χ1) is 12.2. The molecule has 3 heterocycles. The molecule has 0 unspecified atom stereocenters. The Bertz CT molecular complexity index is 782. The maximum atomic E-state index is 13.1. The van der Waals surface area contributed by atoms with Crippen molar-refractivity contribution in [2.45, 2.75) is 44.9 Å². The summed E-state index contributed by atoms with van der Waals surface area (Å²) in [4.78, 5) is 12.2. The molecule has 1 aliphatic rings. The lowest BCUT2D eigenvalue weighted by molar-refractivity contribution is -0.141. The number of anilines is 2. The van der Waals surface area contributed by atoms with Crippen LogP contribution in [0.2, 0.25) is 1.41 Å². The standard InChI is InChI=1S/C16H21F3N6/c1-9(2)22-14-13-10(6-12(24-14)16(17,18)19)7-21-15(25-13)23-11-4-3-5-20-8-11/h6-7,9,11,20H,3-5,8H2,1-2H3,(H,22,24)(H,21,23,25)/t11-/m0/s1/i/hD. The monoisotopic (exact) mass is 355 g/mol. The molecule has 1 fully saturated rings. The van der Waals surface area contributed by atoms with Gasteiger partial charge in [-0.1, -0.05) is 0 Å². The summed E-state index contributed by atoms with van der Waals surface area (Å²) in [6.07, 6.45) is -1.39. The second kappa shape index (κ2) is 6.99. The smallest absolute Gasteiger partial charge is 0.366 e. The van der Waals surface area contributed by atoms with Crippen LogP contribution >= 0.6 is 0 Å². The molecule has 0 aliphatic carbocycles. The summed E-state index contributed by atoms with van der Waals surface area (Å²) >= 11 is 0. The average molecular weight is 355 g/mol. The van der Waals surface area contributed by atoms with Gasteiger partial charge in [-0.3, -0.25) is 0 Å². The van der Waals surface area contributed by atoms with E-state index in [9.17, 15) is 13.2 Å². The molecule has 3 rings (SSSR count). The van der Waals surface area contributed by atoms with Crippen LogP contribution in [-0.4, -0.2) is 40.1 Å². The van der Waals surface area contributed by atoms with Crippen LogP contribution < -0.4 is 15.9 Å². The third kappa shape index (κ3) is 4.28. The molecule has 0 bridgehead atoms. The van der Waals surface area contributed by atoms with Gasteiger partial charge in [-0.2, -0.15) is 13.2 Å². The first-order valence-electron chi connectivity index (χ1n) is 8.69. The predicted molar refractivity (Wildman–Crippen MR) is 90.6 cm³/mol. The summed E-state index contributed by atoms with van der Waals surface area (Å²) < 4.78 is 47.0. The third-order valence-corrected chi connectivity index (χ3v) is 3.83. The van der Waals surface area contributed by atoms with Crippen LogP contribution in [0.3, 0.4) is 0 Å². The third-order valence-electron chi connectivity index (χ3n) is 3.83. The Kier molecular flexibility index (Phi) is 4.56. The number of aromatic nitrogens is 3. The van der Waals surface area contributed by atoms with E-state index in [2.05, 4.69) is 25.6 Å². The molecule has 0 saturated carbocycles. The first-order valence-corrected chi connectivity index (χ1v) is 8.24. The van der Waals surface area contributed by atoms with Crippen molar-refractivity contribution >= 4 is 22.7 Å². The number of piperidine rings is 1. The highest BCUT2D eigenvalue weighted by atomic mass is 19.4. The zero-order valence-electron chi connectivity index (χ0n) is 15.1. The molecule has 9 heteroatoms. The Morgan fingerprint density at radius 1 is 1.36 bits per heavy atom. The lowest BCUT2D eigenvalue weighted by Gasteiger charge is -2.24. The van der Waals surface area contributed by atoms with Gasteiger partial charge in [-0.05, 0) is 39.3 Å². The maximum Gasteiger partial charge on any atom is 0.433 e. The van der Waals surface area contributed by atoms with Crippen molar-refractivity contribution in [3.05, 3.63) is 18.0 Å². The van der Waals surface area contributed by atoms with E-state index >= 15 is 0 Å². The van der Waals surface area contributed by atoms with Crippen LogP contribution in [-0.2, 0) is 6.18 Å². The number of pyridine rings is 1. The van der Waals surface area contributed by atoms with Crippen LogP contribution in [0.1, 0.15) is 32.4 Å². The van der Waals surface area contributed by atoms with Gasteiger partial charge in [0.2, 0.25) is 5.95 Å². The quantitative estimate of drug-likeness (QED) is 0.783. The molecule has 0 aromatic carbocycles. The molecule has 3 N–H and O–H groups in total. The second-order valence-electron chi connectivity index (χ2n) is 6.40. The van der Waals surface area contributed by atoms with Gasteiger partial charge in [0.15, 0.2) is 5.82 Å². The van der Waals surface area contributed by atoms with E-state index in [1.807, 2.05) is 13.8 Å². The Morgan fingerprint density at radius 3 is 2.84 bits per heavy atom. The van der Waals surface area contributed by atoms with Crippen LogP contribution in [0.5, 0.6) is 0 Å². The van der Waals surface area contributed by atoms with Crippen molar-refractivity contribution in [3.63, 3.8) is 0 Å². The molecule has 25 heavy (non-hydrogen) atoms. The SMILES string of the molecule is [2H]N1CCC[C@H](Nc2ncc3cc(C(F)(F)F)nc(NC(C)C)c3n2)C1. The fraction of sp³-hybridized carbons (Fsp3) is 0.562. The summed E-state index contributed by atoms with van der Waals surface area (Å²) in [6, 6.07) is 0.884. The Hall–Kier alpha value is -2.16. The molecule has 136 valence electrons. The van der Waals surface area contributed by atoms with Crippen molar-refractivity contribution in [3.8, 4) is 0 Å². The van der Waals surface area contributed by atoms with Crippen LogP contribution in [0.4, 0.5) is 24.9 Å². The largest absolute Gasteiger partial charge is 0.433 e. The summed E-state index contributed by atoms with van der Waals surface area (Å²) in [6.45, 7) is 4.91. The number of rotatable bonds is 4. The summed E-state index contributed by atoms with van der Waals surface area (Å²) in [5.74, 6) is 0.409. The Balaban J connectivity index is 1.96. The zero-order chi connectivity index (χ0) is 18.9. The zero-order valence-corrected chi connectivity index (χ0v) is 14.1. The number of hydrogen-bond acceptors (Lipinski definition) is 6. The number of alkyl halides is 3. The van der Waals surface area contributed by atoms with E-state index < -0.39 is 11.9 Å². The molecule has 1 aliphatic heterocycles. The lowest BCUT2D eigenvalue weighted by atomic mass is 10.1. The van der Waals surface area contributed by atoms with Gasteiger partial charge in [0.25, 0.3) is 0 Å². The normalized spacial score (nSPS) is 19.9. The average Bonchev–Trinajstić information content (AvgIpc) is 2.53. The Morgan fingerprint density at radius 2 is 2.16 bits per heavy atom. The highest BCUT2D eigenvalue weighted by molar-refractivity contribution is 5.89. The number of nitrogens with one attached hydrogen (secondary N) is 3. The van der Waals surface area contributed by atoms with Gasteiger partial charge in [-0.15, -0.1) is 0 Å². The molecular weight excluding hydrogens is 333 g/mol. The topological polar surface area (TPSA) is 74.8 Å². The molecular formula is C16H21F3N6. The van der Waals surface area contributed by atoms with Gasteiger partial charge >= 0.3 is 6.18 Å². The van der Waals surface area contributed by atoms with Crippen LogP contribution in [0, 0.1) is 0 Å². The van der Waals surface area contributed by atoms with E-state index in [1.54, 1.807) is 0 Å². The maximum absolute atomic E-state index is 13.1. The Labute approximate surface area is 145 Å². The molecule has 1 atom stereocenters. The molecule has 2 aromatic rings. The van der Waals surface area contributed by atoms with E-state index in [0.29, 0.717) is 18.0 Å². The molecule has 0 amide bonds. The molecule has 2 aromatic heterocycles. The molecule has 6 nitrogen and oxygen atoms in total. The summed E-state index contributed by atoms with van der Waals surface area (Å²) in [5.41, 5.74) is -0.641. The minimum Gasteiger partial charge on any atom is -0.366 e.